The molecule has 0 amide bonds. The highest BCUT2D eigenvalue weighted by molar-refractivity contribution is 6.48. The van der Waals surface area contributed by atoms with Gasteiger partial charge >= 0.3 is 5.97 Å². The zero-order valence-corrected chi connectivity index (χ0v) is 21.7. The third-order valence-corrected chi connectivity index (χ3v) is 6.10. The quantitative estimate of drug-likeness (QED) is 0.295. The predicted molar refractivity (Wildman–Crippen MR) is 133 cm³/mol. The molecule has 1 N–H and O–H groups in total. The first-order valence-corrected chi connectivity index (χ1v) is 14.1. The lowest BCUT2D eigenvalue weighted by Crippen LogP contribution is -2.49. The molecule has 176 valence electrons. The zero-order valence-electron chi connectivity index (χ0n) is 20.6. The SMILES string of the molecule is COC(=O)Cc1ccc(OC[C@@H](C)NC(O[SiH](C)C)[C@H](c2ccccc2)C(C)(C)C)cc1. The van der Waals surface area contributed by atoms with E-state index in [1.54, 1.807) is 0 Å². The van der Waals surface area contributed by atoms with Gasteiger partial charge in [0.2, 0.25) is 0 Å². The summed E-state index contributed by atoms with van der Waals surface area (Å²) in [5, 5.41) is 3.70. The summed E-state index contributed by atoms with van der Waals surface area (Å²) in [6, 6.07) is 18.3. The average molecular weight is 458 g/mol. The Morgan fingerprint density at radius 2 is 1.66 bits per heavy atom. The highest BCUT2D eigenvalue weighted by Crippen LogP contribution is 2.38. The minimum absolute atomic E-state index is 0.0261. The molecular formula is C26H39NO4Si. The van der Waals surface area contributed by atoms with Gasteiger partial charge in [0.1, 0.15) is 18.6 Å². The van der Waals surface area contributed by atoms with E-state index < -0.39 is 9.04 Å². The van der Waals surface area contributed by atoms with E-state index in [4.69, 9.17) is 13.9 Å². The van der Waals surface area contributed by atoms with E-state index in [1.807, 2.05) is 24.3 Å². The topological polar surface area (TPSA) is 56.8 Å². The van der Waals surface area contributed by atoms with E-state index in [9.17, 15) is 4.79 Å². The summed E-state index contributed by atoms with van der Waals surface area (Å²) >= 11 is 0. The molecule has 0 aromatic heterocycles. The Morgan fingerprint density at radius 1 is 1.03 bits per heavy atom. The van der Waals surface area contributed by atoms with Gasteiger partial charge in [-0.25, -0.2) is 0 Å². The van der Waals surface area contributed by atoms with Crippen molar-refractivity contribution in [1.82, 2.24) is 5.32 Å². The van der Waals surface area contributed by atoms with Crippen LogP contribution in [0, 0.1) is 5.41 Å². The average Bonchev–Trinajstić information content (AvgIpc) is 2.72. The zero-order chi connectivity index (χ0) is 23.7. The van der Waals surface area contributed by atoms with Gasteiger partial charge in [0.25, 0.3) is 0 Å². The predicted octanol–water partition coefficient (Wildman–Crippen LogP) is 4.92. The van der Waals surface area contributed by atoms with Crippen molar-refractivity contribution in [3.05, 3.63) is 65.7 Å². The number of hydrogen-bond donors (Lipinski definition) is 1. The van der Waals surface area contributed by atoms with Crippen molar-refractivity contribution < 1.29 is 18.7 Å². The molecule has 2 rings (SSSR count). The summed E-state index contributed by atoms with van der Waals surface area (Å²) in [4.78, 5) is 11.4. The molecule has 2 aromatic carbocycles. The van der Waals surface area contributed by atoms with Crippen LogP contribution in [0.25, 0.3) is 0 Å². The van der Waals surface area contributed by atoms with Crippen LogP contribution in [-0.2, 0) is 20.4 Å². The van der Waals surface area contributed by atoms with Gasteiger partial charge in [-0.05, 0) is 48.7 Å². The van der Waals surface area contributed by atoms with E-state index >= 15 is 0 Å². The van der Waals surface area contributed by atoms with E-state index in [0.29, 0.717) is 6.61 Å². The second-order valence-corrected chi connectivity index (χ2v) is 12.0. The first-order valence-electron chi connectivity index (χ1n) is 11.3. The molecule has 5 nitrogen and oxygen atoms in total. The van der Waals surface area contributed by atoms with Crippen molar-refractivity contribution in [2.45, 2.75) is 65.4 Å². The van der Waals surface area contributed by atoms with Crippen molar-refractivity contribution in [3.8, 4) is 5.75 Å². The first kappa shape index (κ1) is 26.1. The summed E-state index contributed by atoms with van der Waals surface area (Å²) in [6.45, 7) is 13.8. The van der Waals surface area contributed by atoms with Crippen LogP contribution in [0.3, 0.4) is 0 Å². The normalized spacial score (nSPS) is 14.6. The Balaban J connectivity index is 2.05. The highest BCUT2D eigenvalue weighted by atomic mass is 28.3. The number of nitrogens with one attached hydrogen (secondary N) is 1. The fourth-order valence-corrected chi connectivity index (χ4v) is 4.61. The molecule has 32 heavy (non-hydrogen) atoms. The lowest BCUT2D eigenvalue weighted by atomic mass is 9.75. The maximum absolute atomic E-state index is 11.4. The molecule has 0 heterocycles. The van der Waals surface area contributed by atoms with E-state index in [-0.39, 0.29) is 36.0 Å². The van der Waals surface area contributed by atoms with E-state index in [1.165, 1.54) is 12.7 Å². The maximum atomic E-state index is 11.4. The molecule has 1 unspecified atom stereocenters. The van der Waals surface area contributed by atoms with Crippen molar-refractivity contribution in [2.24, 2.45) is 5.41 Å². The van der Waals surface area contributed by atoms with Crippen LogP contribution in [0.1, 0.15) is 44.7 Å². The Kier molecular flexibility index (Phi) is 9.94. The summed E-state index contributed by atoms with van der Waals surface area (Å²) in [7, 11) is 0.118. The van der Waals surface area contributed by atoms with E-state index in [0.717, 1.165) is 11.3 Å². The standard InChI is InChI=1S/C26H39NO4Si/c1-19(18-30-22-15-13-20(14-16-22)17-23(28)29-5)27-25(31-32(6)7)24(26(2,3)4)21-11-9-8-10-12-21/h8-16,19,24-25,27,32H,17-18H2,1-7H3/t19-,24+,25?/m1/s1. The van der Waals surface area contributed by atoms with Gasteiger partial charge in [0.05, 0.1) is 13.5 Å². The smallest absolute Gasteiger partial charge is 0.309 e. The molecule has 0 bridgehead atoms. The largest absolute Gasteiger partial charge is 0.492 e. The minimum Gasteiger partial charge on any atom is -0.492 e. The van der Waals surface area contributed by atoms with Crippen LogP contribution in [-0.4, -0.2) is 41.0 Å². The van der Waals surface area contributed by atoms with Crippen LogP contribution in [0.15, 0.2) is 54.6 Å². The van der Waals surface area contributed by atoms with Crippen LogP contribution < -0.4 is 10.1 Å². The van der Waals surface area contributed by atoms with Crippen molar-refractivity contribution >= 4 is 15.0 Å². The van der Waals surface area contributed by atoms with Gasteiger partial charge in [0, 0.05) is 12.0 Å². The van der Waals surface area contributed by atoms with Crippen LogP contribution >= 0.6 is 0 Å². The molecule has 6 heteroatoms. The van der Waals surface area contributed by atoms with E-state index in [2.05, 4.69) is 76.4 Å². The number of methoxy groups -OCH3 is 1. The number of benzene rings is 2. The summed E-state index contributed by atoms with van der Waals surface area (Å²) in [5.41, 5.74) is 2.21. The van der Waals surface area contributed by atoms with Gasteiger partial charge in [-0.1, -0.05) is 63.2 Å². The molecule has 2 aromatic rings. The molecule has 0 saturated carbocycles. The fraction of sp³-hybridized carbons (Fsp3) is 0.500. The van der Waals surface area contributed by atoms with Gasteiger partial charge in [-0.3, -0.25) is 10.1 Å². The summed E-state index contributed by atoms with van der Waals surface area (Å²) < 4.78 is 17.2. The van der Waals surface area contributed by atoms with Gasteiger partial charge in [-0.2, -0.15) is 0 Å². The molecule has 0 aliphatic rings. The number of ether oxygens (including phenoxy) is 2. The third kappa shape index (κ3) is 8.41. The Hall–Kier alpha value is -2.15. The molecule has 0 spiro atoms. The van der Waals surface area contributed by atoms with Gasteiger partial charge in [0.15, 0.2) is 9.04 Å². The molecule has 0 aliphatic heterocycles. The molecule has 0 saturated heterocycles. The third-order valence-electron chi connectivity index (χ3n) is 5.26. The Bertz CT molecular complexity index is 818. The summed E-state index contributed by atoms with van der Waals surface area (Å²) in [5.74, 6) is 0.736. The molecule has 0 radical (unpaired) electrons. The second-order valence-electron chi connectivity index (χ2n) is 9.64. The molecule has 0 aliphatic carbocycles. The number of carbonyl (C=O) groups is 1. The summed E-state index contributed by atoms with van der Waals surface area (Å²) in [6.07, 6.45) is 0.172. The number of rotatable bonds is 11. The van der Waals surface area contributed by atoms with Crippen molar-refractivity contribution in [1.29, 1.82) is 0 Å². The van der Waals surface area contributed by atoms with Gasteiger partial charge < -0.3 is 13.9 Å². The first-order chi connectivity index (χ1) is 15.1. The lowest BCUT2D eigenvalue weighted by molar-refractivity contribution is -0.139. The second kappa shape index (κ2) is 12.2. The van der Waals surface area contributed by atoms with Crippen molar-refractivity contribution in [3.63, 3.8) is 0 Å². The lowest BCUT2D eigenvalue weighted by Gasteiger charge is -2.40. The number of hydrogen-bond acceptors (Lipinski definition) is 5. The van der Waals surface area contributed by atoms with Crippen LogP contribution in [0.5, 0.6) is 5.75 Å². The van der Waals surface area contributed by atoms with Gasteiger partial charge in [-0.15, -0.1) is 0 Å². The highest BCUT2D eigenvalue weighted by Gasteiger charge is 2.35. The molecular weight excluding hydrogens is 418 g/mol. The monoisotopic (exact) mass is 457 g/mol. The Morgan fingerprint density at radius 3 is 2.19 bits per heavy atom. The van der Waals surface area contributed by atoms with Crippen LogP contribution in [0.2, 0.25) is 13.1 Å². The minimum atomic E-state index is -1.28. The fourth-order valence-electron chi connectivity index (χ4n) is 3.79. The Labute approximate surface area is 195 Å². The molecule has 0 fully saturated rings. The maximum Gasteiger partial charge on any atom is 0.309 e. The number of carbonyl (C=O) groups excluding carboxylic acids is 1. The molecule has 3 atom stereocenters. The van der Waals surface area contributed by atoms with Crippen molar-refractivity contribution in [2.75, 3.05) is 13.7 Å². The van der Waals surface area contributed by atoms with Crippen LogP contribution in [0.4, 0.5) is 0 Å². The number of esters is 1.